The van der Waals surface area contributed by atoms with E-state index in [0.29, 0.717) is 6.07 Å². The minimum Gasteiger partial charge on any atom is -0.342 e. The van der Waals surface area contributed by atoms with Crippen LogP contribution >= 0.6 is 11.6 Å². The molecule has 3 N–H and O–H groups in total. The number of alkyl halides is 3. The van der Waals surface area contributed by atoms with Crippen LogP contribution in [0.1, 0.15) is 34.7 Å². The van der Waals surface area contributed by atoms with Gasteiger partial charge in [-0.2, -0.15) is 18.3 Å². The van der Waals surface area contributed by atoms with Crippen LogP contribution in [0, 0.1) is 0 Å². The third-order valence-corrected chi connectivity index (χ3v) is 3.13. The van der Waals surface area contributed by atoms with Crippen LogP contribution in [0.5, 0.6) is 0 Å². The van der Waals surface area contributed by atoms with E-state index < -0.39 is 29.4 Å². The number of nitrogens with zero attached hydrogens (tertiary/aromatic N) is 1. The number of hydrogen-bond acceptors (Lipinski definition) is 3. The molecule has 1 aromatic heterocycles. The first kappa shape index (κ1) is 16.1. The number of aromatic amines is 2. The van der Waals surface area contributed by atoms with Gasteiger partial charge in [-0.1, -0.05) is 11.6 Å². The van der Waals surface area contributed by atoms with E-state index in [4.69, 9.17) is 11.6 Å². The van der Waals surface area contributed by atoms with Crippen LogP contribution in [-0.2, 0) is 6.18 Å². The second-order valence-corrected chi connectivity index (χ2v) is 4.86. The monoisotopic (exact) mass is 334 g/mol. The molecule has 0 aliphatic rings. The zero-order valence-corrected chi connectivity index (χ0v) is 11.8. The molecule has 1 atom stereocenters. The number of benzene rings is 1. The molecule has 10 heteroatoms. The highest BCUT2D eigenvalue weighted by molar-refractivity contribution is 6.33. The highest BCUT2D eigenvalue weighted by Crippen LogP contribution is 2.32. The van der Waals surface area contributed by atoms with Gasteiger partial charge >= 0.3 is 11.9 Å². The Hall–Kier alpha value is -2.29. The van der Waals surface area contributed by atoms with Crippen molar-refractivity contribution < 1.29 is 18.0 Å². The molecule has 1 aromatic carbocycles. The average Bonchev–Trinajstić information content (AvgIpc) is 2.84. The van der Waals surface area contributed by atoms with E-state index in [1.165, 1.54) is 0 Å². The predicted octanol–water partition coefficient (Wildman–Crippen LogP) is 2.26. The fraction of sp³-hybridized carbons (Fsp3) is 0.250. The summed E-state index contributed by atoms with van der Waals surface area (Å²) >= 11 is 5.72. The molecule has 0 saturated carbocycles. The number of rotatable bonds is 3. The van der Waals surface area contributed by atoms with E-state index in [1.54, 1.807) is 6.92 Å². The van der Waals surface area contributed by atoms with E-state index in [2.05, 4.69) is 20.5 Å². The zero-order chi connectivity index (χ0) is 16.5. The molecule has 118 valence electrons. The normalized spacial score (nSPS) is 13.0. The van der Waals surface area contributed by atoms with Crippen molar-refractivity contribution in [3.05, 3.63) is 50.7 Å². The van der Waals surface area contributed by atoms with E-state index in [9.17, 15) is 22.8 Å². The molecule has 1 unspecified atom stereocenters. The summed E-state index contributed by atoms with van der Waals surface area (Å²) in [6, 6.07) is 1.77. The van der Waals surface area contributed by atoms with Gasteiger partial charge in [0, 0.05) is 0 Å². The third-order valence-electron chi connectivity index (χ3n) is 2.82. The summed E-state index contributed by atoms with van der Waals surface area (Å²) in [6.07, 6.45) is -4.54. The Morgan fingerprint density at radius 1 is 1.41 bits per heavy atom. The van der Waals surface area contributed by atoms with Crippen LogP contribution < -0.4 is 11.0 Å². The number of carbonyl (C=O) groups is 1. The van der Waals surface area contributed by atoms with E-state index in [0.717, 1.165) is 12.1 Å². The first-order valence-electron chi connectivity index (χ1n) is 6.00. The lowest BCUT2D eigenvalue weighted by atomic mass is 10.1. The van der Waals surface area contributed by atoms with Crippen molar-refractivity contribution in [1.82, 2.24) is 20.5 Å². The van der Waals surface area contributed by atoms with Crippen LogP contribution in [-0.4, -0.2) is 21.1 Å². The van der Waals surface area contributed by atoms with Gasteiger partial charge in [-0.25, -0.2) is 9.89 Å². The summed E-state index contributed by atoms with van der Waals surface area (Å²) in [4.78, 5) is 25.3. The Morgan fingerprint density at radius 3 is 2.59 bits per heavy atom. The quantitative estimate of drug-likeness (QED) is 0.804. The number of halogens is 4. The molecule has 6 nitrogen and oxygen atoms in total. The van der Waals surface area contributed by atoms with Gasteiger partial charge in [-0.05, 0) is 25.1 Å². The highest BCUT2D eigenvalue weighted by Gasteiger charge is 2.31. The molecule has 0 bridgehead atoms. The molecule has 0 fully saturated rings. The molecule has 1 heterocycles. The maximum Gasteiger partial charge on any atom is 0.416 e. The lowest BCUT2D eigenvalue weighted by molar-refractivity contribution is -0.137. The van der Waals surface area contributed by atoms with Gasteiger partial charge in [0.05, 0.1) is 22.2 Å². The first-order chi connectivity index (χ1) is 10.2. The van der Waals surface area contributed by atoms with Crippen molar-refractivity contribution in [2.45, 2.75) is 19.1 Å². The van der Waals surface area contributed by atoms with Crippen molar-refractivity contribution >= 4 is 17.5 Å². The van der Waals surface area contributed by atoms with Gasteiger partial charge in [0.15, 0.2) is 5.82 Å². The Morgan fingerprint density at radius 2 is 2.09 bits per heavy atom. The molecule has 0 aliphatic heterocycles. The molecule has 0 spiro atoms. The molecule has 1 amide bonds. The Balaban J connectivity index is 2.18. The van der Waals surface area contributed by atoms with Crippen molar-refractivity contribution in [3.8, 4) is 0 Å². The van der Waals surface area contributed by atoms with Gasteiger partial charge in [0.25, 0.3) is 5.91 Å². The fourth-order valence-electron chi connectivity index (χ4n) is 1.71. The molecule has 2 rings (SSSR count). The van der Waals surface area contributed by atoms with Gasteiger partial charge in [-0.15, -0.1) is 0 Å². The lowest BCUT2D eigenvalue weighted by Gasteiger charge is -2.13. The smallest absolute Gasteiger partial charge is 0.342 e. The summed E-state index contributed by atoms with van der Waals surface area (Å²) in [5, 5.41) is 7.92. The minimum atomic E-state index is -4.54. The van der Waals surface area contributed by atoms with Crippen molar-refractivity contribution in [1.29, 1.82) is 0 Å². The third kappa shape index (κ3) is 3.48. The number of nitrogens with one attached hydrogen (secondary N) is 3. The molecule has 0 saturated heterocycles. The van der Waals surface area contributed by atoms with Gasteiger partial charge < -0.3 is 5.32 Å². The summed E-state index contributed by atoms with van der Waals surface area (Å²) in [6.45, 7) is 1.54. The topological polar surface area (TPSA) is 90.6 Å². The number of H-pyrrole nitrogens is 2. The van der Waals surface area contributed by atoms with Crippen LogP contribution in [0.15, 0.2) is 23.0 Å². The molecule has 0 aliphatic carbocycles. The number of hydrogen-bond donors (Lipinski definition) is 3. The average molecular weight is 335 g/mol. The highest BCUT2D eigenvalue weighted by atomic mass is 35.5. The van der Waals surface area contributed by atoms with E-state index in [-0.39, 0.29) is 16.4 Å². The van der Waals surface area contributed by atoms with Crippen molar-refractivity contribution in [2.75, 3.05) is 0 Å². The van der Waals surface area contributed by atoms with Crippen molar-refractivity contribution in [3.63, 3.8) is 0 Å². The largest absolute Gasteiger partial charge is 0.416 e. The minimum absolute atomic E-state index is 0.112. The number of amides is 1. The number of carbonyl (C=O) groups excluding carboxylic acids is 1. The molecule has 22 heavy (non-hydrogen) atoms. The van der Waals surface area contributed by atoms with E-state index >= 15 is 0 Å². The van der Waals surface area contributed by atoms with E-state index in [1.807, 2.05) is 0 Å². The molecular formula is C12H10ClF3N4O2. The zero-order valence-electron chi connectivity index (χ0n) is 11.1. The van der Waals surface area contributed by atoms with Gasteiger partial charge in [0.2, 0.25) is 0 Å². The summed E-state index contributed by atoms with van der Waals surface area (Å²) in [5.41, 5.74) is -1.60. The fourth-order valence-corrected chi connectivity index (χ4v) is 1.97. The second-order valence-electron chi connectivity index (χ2n) is 4.45. The second kappa shape index (κ2) is 5.84. The van der Waals surface area contributed by atoms with Gasteiger partial charge in [0.1, 0.15) is 0 Å². The Bertz CT molecular complexity index is 753. The Kier molecular flexibility index (Phi) is 4.27. The van der Waals surface area contributed by atoms with Gasteiger partial charge in [-0.3, -0.25) is 9.78 Å². The van der Waals surface area contributed by atoms with Crippen LogP contribution in [0.25, 0.3) is 0 Å². The molecule has 0 radical (unpaired) electrons. The standard InChI is InChI=1S/C12H10ClF3N4O2/c1-5(9-18-11(22)20-19-9)17-10(21)7-3-2-6(4-8(7)13)12(14,15)16/h2-5H,1H3,(H,17,21)(H2,18,19,20,22). The SMILES string of the molecule is CC(NC(=O)c1ccc(C(F)(F)F)cc1Cl)c1n[nH]c(=O)[nH]1. The first-order valence-corrected chi connectivity index (χ1v) is 6.38. The van der Waals surface area contributed by atoms with Crippen LogP contribution in [0.4, 0.5) is 13.2 Å². The maximum atomic E-state index is 12.5. The maximum absolute atomic E-state index is 12.5. The molecular weight excluding hydrogens is 325 g/mol. The van der Waals surface area contributed by atoms with Crippen LogP contribution in [0.3, 0.4) is 0 Å². The summed E-state index contributed by atoms with van der Waals surface area (Å²) < 4.78 is 37.6. The lowest BCUT2D eigenvalue weighted by Crippen LogP contribution is -2.28. The predicted molar refractivity (Wildman–Crippen MR) is 71.5 cm³/mol. The number of aromatic nitrogens is 3. The Labute approximate surface area is 126 Å². The van der Waals surface area contributed by atoms with Crippen molar-refractivity contribution in [2.24, 2.45) is 0 Å². The molecule has 2 aromatic rings. The van der Waals surface area contributed by atoms with Crippen LogP contribution in [0.2, 0.25) is 5.02 Å². The summed E-state index contributed by atoms with van der Waals surface area (Å²) in [7, 11) is 0. The summed E-state index contributed by atoms with van der Waals surface area (Å²) in [5.74, 6) is -0.503.